The third-order valence-electron chi connectivity index (χ3n) is 1.05. The van der Waals surface area contributed by atoms with Crippen LogP contribution in [0.3, 0.4) is 0 Å². The van der Waals surface area contributed by atoms with E-state index >= 15 is 0 Å². The van der Waals surface area contributed by atoms with Gasteiger partial charge in [-0.25, -0.2) is 8.78 Å². The van der Waals surface area contributed by atoms with Crippen molar-refractivity contribution in [2.75, 3.05) is 13.8 Å². The van der Waals surface area contributed by atoms with E-state index in [1.54, 1.807) is 0 Å². The van der Waals surface area contributed by atoms with Crippen molar-refractivity contribution in [3.05, 3.63) is 0 Å². The summed E-state index contributed by atoms with van der Waals surface area (Å²) in [5.74, 6) is 0. The van der Waals surface area contributed by atoms with Gasteiger partial charge in [0, 0.05) is 7.11 Å². The second-order valence-corrected chi connectivity index (χ2v) is 1.87. The number of hydrogen-bond donors (Lipinski definition) is 0. The number of ether oxygens (including phenoxy) is 1. The number of rotatable bonds is 3. The van der Waals surface area contributed by atoms with E-state index in [2.05, 4.69) is 4.74 Å². The zero-order valence-electron chi connectivity index (χ0n) is 5.66. The highest BCUT2D eigenvalue weighted by Crippen LogP contribution is 2.26. The summed E-state index contributed by atoms with van der Waals surface area (Å²) in [6.45, 7) is -1.70. The number of halogens is 5. The van der Waals surface area contributed by atoms with Crippen LogP contribution in [0.1, 0.15) is 0 Å². The molecular weight excluding hydrogens is 171 g/mol. The molecule has 1 nitrogen and oxygen atoms in total. The van der Waals surface area contributed by atoms with Crippen LogP contribution in [0.5, 0.6) is 0 Å². The topological polar surface area (TPSA) is 9.23 Å². The maximum Gasteiger partial charge on any atom is 0.417 e. The van der Waals surface area contributed by atoms with Gasteiger partial charge >= 0.3 is 6.18 Å². The number of alkyl halides is 5. The molecule has 2 atom stereocenters. The molecular formula is C5H7F5O. The van der Waals surface area contributed by atoms with E-state index < -0.39 is 25.1 Å². The number of methoxy groups -OCH3 is 1. The minimum Gasteiger partial charge on any atom is -0.369 e. The van der Waals surface area contributed by atoms with Gasteiger partial charge < -0.3 is 4.74 Å². The Morgan fingerprint density at radius 1 is 1.36 bits per heavy atom. The van der Waals surface area contributed by atoms with Crippen LogP contribution in [0.25, 0.3) is 0 Å². The normalized spacial score (nSPS) is 18.0. The van der Waals surface area contributed by atoms with Crippen molar-refractivity contribution in [3.8, 4) is 0 Å². The molecule has 0 N–H and O–H groups in total. The Labute approximate surface area is 60.1 Å². The summed E-state index contributed by atoms with van der Waals surface area (Å²) in [5.41, 5.74) is 0. The van der Waals surface area contributed by atoms with Gasteiger partial charge in [0.1, 0.15) is 6.67 Å². The molecule has 0 rings (SSSR count). The van der Waals surface area contributed by atoms with Crippen molar-refractivity contribution in [1.29, 1.82) is 0 Å². The average Bonchev–Trinajstić information content (AvgIpc) is 1.86. The largest absolute Gasteiger partial charge is 0.417 e. The van der Waals surface area contributed by atoms with E-state index in [-0.39, 0.29) is 0 Å². The molecule has 6 heteroatoms. The Morgan fingerprint density at radius 2 is 1.82 bits per heavy atom. The quantitative estimate of drug-likeness (QED) is 0.599. The molecule has 0 amide bonds. The third kappa shape index (κ3) is 3.00. The predicted molar refractivity (Wildman–Crippen MR) is 27.7 cm³/mol. The molecule has 0 saturated heterocycles. The van der Waals surface area contributed by atoms with Crippen LogP contribution in [0.2, 0.25) is 0 Å². The zero-order valence-corrected chi connectivity index (χ0v) is 5.66. The first kappa shape index (κ1) is 10.6. The summed E-state index contributed by atoms with van der Waals surface area (Å²) >= 11 is 0. The predicted octanol–water partition coefficient (Wildman–Crippen LogP) is 1.87. The summed E-state index contributed by atoms with van der Waals surface area (Å²) in [5, 5.41) is 0. The summed E-state index contributed by atoms with van der Waals surface area (Å²) in [6, 6.07) is 0. The third-order valence-corrected chi connectivity index (χ3v) is 1.05. The molecule has 0 spiro atoms. The molecule has 0 aromatic heterocycles. The highest BCUT2D eigenvalue weighted by Gasteiger charge is 2.45. The molecule has 0 aliphatic carbocycles. The van der Waals surface area contributed by atoms with Gasteiger partial charge in [-0.15, -0.1) is 0 Å². The Kier molecular flexibility index (Phi) is 3.71. The fourth-order valence-electron chi connectivity index (χ4n) is 0.567. The molecule has 0 saturated carbocycles. The smallest absolute Gasteiger partial charge is 0.369 e. The van der Waals surface area contributed by atoms with Gasteiger partial charge in [-0.3, -0.25) is 0 Å². The highest BCUT2D eigenvalue weighted by molar-refractivity contribution is 4.75. The van der Waals surface area contributed by atoms with E-state index in [4.69, 9.17) is 0 Å². The molecule has 0 radical (unpaired) electrons. The molecule has 0 aliphatic heterocycles. The van der Waals surface area contributed by atoms with Crippen LogP contribution in [-0.2, 0) is 4.74 Å². The van der Waals surface area contributed by atoms with Crippen LogP contribution in [0.15, 0.2) is 0 Å². The second-order valence-electron chi connectivity index (χ2n) is 1.87. The maximum atomic E-state index is 12.1. The van der Waals surface area contributed by atoms with Gasteiger partial charge in [0.05, 0.1) is 0 Å². The summed E-state index contributed by atoms with van der Waals surface area (Å²) in [7, 11) is 0.681. The van der Waals surface area contributed by atoms with Gasteiger partial charge in [-0.1, -0.05) is 0 Å². The van der Waals surface area contributed by atoms with Crippen molar-refractivity contribution < 1.29 is 26.7 Å². The Morgan fingerprint density at radius 3 is 1.91 bits per heavy atom. The summed E-state index contributed by atoms with van der Waals surface area (Å²) in [6.07, 6.45) is -10.1. The monoisotopic (exact) mass is 178 g/mol. The lowest BCUT2D eigenvalue weighted by Crippen LogP contribution is -2.40. The molecule has 2 unspecified atom stereocenters. The average molecular weight is 178 g/mol. The Balaban J connectivity index is 4.16. The van der Waals surface area contributed by atoms with Gasteiger partial charge in [-0.05, 0) is 0 Å². The van der Waals surface area contributed by atoms with E-state index in [1.165, 1.54) is 0 Å². The first-order valence-electron chi connectivity index (χ1n) is 2.73. The van der Waals surface area contributed by atoms with Gasteiger partial charge in [0.15, 0.2) is 12.3 Å². The fourth-order valence-corrected chi connectivity index (χ4v) is 0.567. The van der Waals surface area contributed by atoms with Crippen LogP contribution >= 0.6 is 0 Å². The minimum absolute atomic E-state index is 0.681. The van der Waals surface area contributed by atoms with Crippen molar-refractivity contribution >= 4 is 0 Å². The second kappa shape index (κ2) is 3.85. The van der Waals surface area contributed by atoms with Crippen molar-refractivity contribution in [2.45, 2.75) is 18.5 Å². The van der Waals surface area contributed by atoms with Crippen LogP contribution in [-0.4, -0.2) is 32.2 Å². The minimum atomic E-state index is -4.85. The van der Waals surface area contributed by atoms with Gasteiger partial charge in [0.25, 0.3) is 0 Å². The molecule has 0 bridgehead atoms. The standard InChI is InChI=1S/C5H7F5O/c1-11-4(3(7)2-6)5(8,9)10/h3-4H,2H2,1H3. The lowest BCUT2D eigenvalue weighted by Gasteiger charge is -2.19. The van der Waals surface area contributed by atoms with Crippen LogP contribution in [0.4, 0.5) is 22.0 Å². The van der Waals surface area contributed by atoms with E-state index in [1.807, 2.05) is 0 Å². The Hall–Kier alpha value is -0.390. The van der Waals surface area contributed by atoms with E-state index in [0.29, 0.717) is 7.11 Å². The lowest BCUT2D eigenvalue weighted by molar-refractivity contribution is -0.231. The zero-order chi connectivity index (χ0) is 9.07. The molecule has 0 heterocycles. The maximum absolute atomic E-state index is 12.1. The first-order valence-corrected chi connectivity index (χ1v) is 2.73. The molecule has 0 aromatic carbocycles. The van der Waals surface area contributed by atoms with Crippen molar-refractivity contribution in [1.82, 2.24) is 0 Å². The lowest BCUT2D eigenvalue weighted by atomic mass is 10.2. The number of hydrogen-bond acceptors (Lipinski definition) is 1. The van der Waals surface area contributed by atoms with Gasteiger partial charge in [-0.2, -0.15) is 13.2 Å². The van der Waals surface area contributed by atoms with E-state index in [0.717, 1.165) is 0 Å². The van der Waals surface area contributed by atoms with Gasteiger partial charge in [0.2, 0.25) is 0 Å². The molecule has 68 valence electrons. The summed E-state index contributed by atoms with van der Waals surface area (Å²) < 4.78 is 62.1. The summed E-state index contributed by atoms with van der Waals surface area (Å²) in [4.78, 5) is 0. The molecule has 0 aliphatic rings. The highest BCUT2D eigenvalue weighted by atomic mass is 19.4. The van der Waals surface area contributed by atoms with Crippen LogP contribution < -0.4 is 0 Å². The van der Waals surface area contributed by atoms with Crippen molar-refractivity contribution in [2.24, 2.45) is 0 Å². The Bertz CT molecular complexity index is 112. The molecule has 0 fully saturated rings. The SMILES string of the molecule is COC(C(F)CF)C(F)(F)F. The first-order chi connectivity index (χ1) is 4.93. The van der Waals surface area contributed by atoms with E-state index in [9.17, 15) is 22.0 Å². The van der Waals surface area contributed by atoms with Crippen LogP contribution in [0, 0.1) is 0 Å². The fraction of sp³-hybridized carbons (Fsp3) is 1.00. The molecule has 0 aromatic rings. The molecule has 11 heavy (non-hydrogen) atoms. The van der Waals surface area contributed by atoms with Crippen molar-refractivity contribution in [3.63, 3.8) is 0 Å².